The van der Waals surface area contributed by atoms with Crippen molar-refractivity contribution < 1.29 is 14.6 Å². The fourth-order valence-electron chi connectivity index (χ4n) is 2.44. The number of phenolic OH excluding ortho intramolecular Hbond substituents is 1. The summed E-state index contributed by atoms with van der Waals surface area (Å²) in [7, 11) is 0. The van der Waals surface area contributed by atoms with Crippen molar-refractivity contribution in [1.29, 1.82) is 0 Å². The molecule has 120 valence electrons. The largest absolute Gasteiger partial charge is 0.508 e. The first-order valence-corrected chi connectivity index (χ1v) is 7.83. The summed E-state index contributed by atoms with van der Waals surface area (Å²) in [6, 6.07) is 24.2. The highest BCUT2D eigenvalue weighted by atomic mass is 16.5. The average Bonchev–Trinajstić information content (AvgIpc) is 2.63. The number of carbonyl (C=O) groups is 1. The van der Waals surface area contributed by atoms with Crippen LogP contribution in [0.25, 0.3) is 11.1 Å². The Morgan fingerprint density at radius 3 is 2.00 bits per heavy atom. The molecule has 0 unspecified atom stereocenters. The van der Waals surface area contributed by atoms with E-state index in [1.165, 1.54) is 0 Å². The minimum Gasteiger partial charge on any atom is -0.508 e. The Hall–Kier alpha value is -3.07. The van der Waals surface area contributed by atoms with E-state index in [0.29, 0.717) is 18.6 Å². The molecule has 0 heterocycles. The van der Waals surface area contributed by atoms with Crippen molar-refractivity contribution in [3.05, 3.63) is 90.0 Å². The van der Waals surface area contributed by atoms with Gasteiger partial charge in [-0.2, -0.15) is 0 Å². The van der Waals surface area contributed by atoms with Crippen molar-refractivity contribution in [3.8, 4) is 16.9 Å². The highest BCUT2D eigenvalue weighted by Crippen LogP contribution is 2.22. The van der Waals surface area contributed by atoms with E-state index in [0.717, 1.165) is 16.7 Å². The lowest BCUT2D eigenvalue weighted by molar-refractivity contribution is 0.0509. The first-order valence-electron chi connectivity index (χ1n) is 7.83. The Bertz CT molecular complexity index is 791. The third-order valence-electron chi connectivity index (χ3n) is 3.79. The maximum absolute atomic E-state index is 12.1. The predicted octanol–water partition coefficient (Wildman–Crippen LogP) is 4.46. The zero-order valence-electron chi connectivity index (χ0n) is 13.2. The van der Waals surface area contributed by atoms with Crippen LogP contribution in [0.2, 0.25) is 0 Å². The Labute approximate surface area is 141 Å². The number of rotatable bonds is 5. The van der Waals surface area contributed by atoms with E-state index in [1.807, 2.05) is 54.6 Å². The van der Waals surface area contributed by atoms with Gasteiger partial charge in [-0.3, -0.25) is 0 Å². The smallest absolute Gasteiger partial charge is 0.338 e. The molecule has 3 aromatic carbocycles. The number of carbonyl (C=O) groups excluding carboxylic acids is 1. The molecule has 0 spiro atoms. The minimum absolute atomic E-state index is 0.234. The average molecular weight is 318 g/mol. The van der Waals surface area contributed by atoms with Crippen molar-refractivity contribution in [3.63, 3.8) is 0 Å². The number of hydrogen-bond acceptors (Lipinski definition) is 3. The molecule has 3 rings (SSSR count). The second kappa shape index (κ2) is 7.47. The van der Waals surface area contributed by atoms with E-state index in [9.17, 15) is 9.90 Å². The molecular weight excluding hydrogens is 300 g/mol. The zero-order valence-corrected chi connectivity index (χ0v) is 13.2. The second-order valence-corrected chi connectivity index (χ2v) is 5.50. The Balaban J connectivity index is 1.58. The summed E-state index contributed by atoms with van der Waals surface area (Å²) in [4.78, 5) is 12.1. The Kier molecular flexibility index (Phi) is 4.92. The molecule has 3 heteroatoms. The lowest BCUT2D eigenvalue weighted by Crippen LogP contribution is -2.08. The van der Waals surface area contributed by atoms with E-state index < -0.39 is 0 Å². The van der Waals surface area contributed by atoms with Crippen LogP contribution in [0, 0.1) is 0 Å². The molecule has 0 aliphatic rings. The van der Waals surface area contributed by atoms with Crippen molar-refractivity contribution in [1.82, 2.24) is 0 Å². The van der Waals surface area contributed by atoms with Crippen LogP contribution in [0.3, 0.4) is 0 Å². The topological polar surface area (TPSA) is 46.5 Å². The molecule has 0 aromatic heterocycles. The molecule has 1 N–H and O–H groups in total. The van der Waals surface area contributed by atoms with Gasteiger partial charge < -0.3 is 9.84 Å². The first kappa shape index (κ1) is 15.8. The monoisotopic (exact) mass is 318 g/mol. The Morgan fingerprint density at radius 2 is 1.38 bits per heavy atom. The standard InChI is InChI=1S/C21H18O3/c22-20-12-10-18(11-13-20)17-6-8-19(9-7-17)21(23)24-15-14-16-4-2-1-3-5-16/h1-13,22H,14-15H2. The molecule has 24 heavy (non-hydrogen) atoms. The second-order valence-electron chi connectivity index (χ2n) is 5.50. The van der Waals surface area contributed by atoms with E-state index in [-0.39, 0.29) is 11.7 Å². The molecule has 0 radical (unpaired) electrons. The van der Waals surface area contributed by atoms with Crippen molar-refractivity contribution >= 4 is 5.97 Å². The molecule has 0 saturated carbocycles. The summed E-state index contributed by atoms with van der Waals surface area (Å²) < 4.78 is 5.32. The number of esters is 1. The van der Waals surface area contributed by atoms with E-state index in [2.05, 4.69) is 0 Å². The molecule has 0 aliphatic carbocycles. The van der Waals surface area contributed by atoms with Crippen molar-refractivity contribution in [2.24, 2.45) is 0 Å². The van der Waals surface area contributed by atoms with Gasteiger partial charge in [0, 0.05) is 6.42 Å². The van der Waals surface area contributed by atoms with E-state index in [1.54, 1.807) is 24.3 Å². The summed E-state index contributed by atoms with van der Waals surface area (Å²) in [5.41, 5.74) is 3.64. The van der Waals surface area contributed by atoms with Gasteiger partial charge in [-0.25, -0.2) is 4.79 Å². The number of aromatic hydroxyl groups is 1. The third kappa shape index (κ3) is 4.02. The summed E-state index contributed by atoms with van der Waals surface area (Å²) in [6.45, 7) is 0.364. The fraction of sp³-hybridized carbons (Fsp3) is 0.0952. The zero-order chi connectivity index (χ0) is 16.8. The highest BCUT2D eigenvalue weighted by molar-refractivity contribution is 5.90. The quantitative estimate of drug-likeness (QED) is 0.707. The number of ether oxygens (including phenoxy) is 1. The van der Waals surface area contributed by atoms with Crippen LogP contribution >= 0.6 is 0 Å². The van der Waals surface area contributed by atoms with Gasteiger partial charge in [-0.05, 0) is 41.0 Å². The molecule has 0 bridgehead atoms. The van der Waals surface area contributed by atoms with Gasteiger partial charge in [0.05, 0.1) is 12.2 Å². The third-order valence-corrected chi connectivity index (χ3v) is 3.79. The van der Waals surface area contributed by atoms with Crippen LogP contribution in [0.5, 0.6) is 5.75 Å². The van der Waals surface area contributed by atoms with Crippen molar-refractivity contribution in [2.75, 3.05) is 6.61 Å². The van der Waals surface area contributed by atoms with Gasteiger partial charge in [0.25, 0.3) is 0 Å². The highest BCUT2D eigenvalue weighted by Gasteiger charge is 2.07. The molecule has 0 atom stereocenters. The lowest BCUT2D eigenvalue weighted by Gasteiger charge is -2.06. The summed E-state index contributed by atoms with van der Waals surface area (Å²) in [5, 5.41) is 9.32. The Morgan fingerprint density at radius 1 is 0.792 bits per heavy atom. The summed E-state index contributed by atoms with van der Waals surface area (Å²) >= 11 is 0. The van der Waals surface area contributed by atoms with Gasteiger partial charge in [0.15, 0.2) is 0 Å². The maximum atomic E-state index is 12.1. The molecule has 3 nitrogen and oxygen atoms in total. The van der Waals surface area contributed by atoms with Crippen LogP contribution in [-0.2, 0) is 11.2 Å². The molecule has 0 saturated heterocycles. The van der Waals surface area contributed by atoms with E-state index in [4.69, 9.17) is 4.74 Å². The maximum Gasteiger partial charge on any atom is 0.338 e. The van der Waals surface area contributed by atoms with Crippen LogP contribution in [0.4, 0.5) is 0 Å². The molecule has 0 amide bonds. The van der Waals surface area contributed by atoms with Crippen LogP contribution in [-0.4, -0.2) is 17.7 Å². The summed E-state index contributed by atoms with van der Waals surface area (Å²) in [5.74, 6) is -0.0828. The first-order chi connectivity index (χ1) is 11.7. The lowest BCUT2D eigenvalue weighted by atomic mass is 10.0. The number of benzene rings is 3. The van der Waals surface area contributed by atoms with Gasteiger partial charge >= 0.3 is 5.97 Å². The number of phenols is 1. The molecular formula is C21H18O3. The normalized spacial score (nSPS) is 10.3. The van der Waals surface area contributed by atoms with E-state index >= 15 is 0 Å². The minimum atomic E-state index is -0.316. The fourth-order valence-corrected chi connectivity index (χ4v) is 2.44. The number of hydrogen-bond donors (Lipinski definition) is 1. The van der Waals surface area contributed by atoms with Gasteiger partial charge in [-0.1, -0.05) is 54.6 Å². The van der Waals surface area contributed by atoms with Crippen molar-refractivity contribution in [2.45, 2.75) is 6.42 Å². The van der Waals surface area contributed by atoms with Gasteiger partial charge in [-0.15, -0.1) is 0 Å². The van der Waals surface area contributed by atoms with Gasteiger partial charge in [0.2, 0.25) is 0 Å². The summed E-state index contributed by atoms with van der Waals surface area (Å²) in [6.07, 6.45) is 0.707. The van der Waals surface area contributed by atoms with Gasteiger partial charge in [0.1, 0.15) is 5.75 Å². The van der Waals surface area contributed by atoms with Crippen LogP contribution in [0.15, 0.2) is 78.9 Å². The molecule has 3 aromatic rings. The van der Waals surface area contributed by atoms with Crippen LogP contribution < -0.4 is 0 Å². The molecule has 0 aliphatic heterocycles. The SMILES string of the molecule is O=C(OCCc1ccccc1)c1ccc(-c2ccc(O)cc2)cc1. The predicted molar refractivity (Wildman–Crippen MR) is 94.0 cm³/mol. The molecule has 0 fully saturated rings. The van der Waals surface area contributed by atoms with Crippen LogP contribution in [0.1, 0.15) is 15.9 Å².